The SMILES string of the molecule is Cc1cc(C)cc(Oc2cc(NC(=O)c3nn4c(C(F)(F)F)cc(C)nc4c3Cl)cc([N+](=O)[O-])c2)c1. The summed E-state index contributed by atoms with van der Waals surface area (Å²) in [4.78, 5) is 27.6. The quantitative estimate of drug-likeness (QED) is 0.245. The minimum atomic E-state index is -4.78. The molecule has 36 heavy (non-hydrogen) atoms. The lowest BCUT2D eigenvalue weighted by molar-refractivity contribution is -0.384. The van der Waals surface area contributed by atoms with Gasteiger partial charge < -0.3 is 10.1 Å². The van der Waals surface area contributed by atoms with E-state index in [1.165, 1.54) is 19.1 Å². The average molecular weight is 520 g/mol. The summed E-state index contributed by atoms with van der Waals surface area (Å²) < 4.78 is 46.6. The van der Waals surface area contributed by atoms with Gasteiger partial charge in [-0.1, -0.05) is 17.7 Å². The van der Waals surface area contributed by atoms with Crippen molar-refractivity contribution in [3.63, 3.8) is 0 Å². The second-order valence-corrected chi connectivity index (χ2v) is 8.41. The van der Waals surface area contributed by atoms with E-state index in [4.69, 9.17) is 16.3 Å². The first-order valence-corrected chi connectivity index (χ1v) is 10.7. The van der Waals surface area contributed by atoms with E-state index < -0.39 is 33.4 Å². The zero-order valence-corrected chi connectivity index (χ0v) is 19.7. The molecule has 0 spiro atoms. The number of carbonyl (C=O) groups is 1. The molecule has 2 heterocycles. The summed E-state index contributed by atoms with van der Waals surface area (Å²) in [6.07, 6.45) is -4.78. The van der Waals surface area contributed by atoms with Crippen molar-refractivity contribution in [3.05, 3.63) is 85.8 Å². The molecule has 186 valence electrons. The van der Waals surface area contributed by atoms with Gasteiger partial charge in [0.2, 0.25) is 0 Å². The van der Waals surface area contributed by atoms with Crippen molar-refractivity contribution in [1.82, 2.24) is 14.6 Å². The van der Waals surface area contributed by atoms with Gasteiger partial charge in [-0.25, -0.2) is 9.50 Å². The first-order valence-electron chi connectivity index (χ1n) is 10.3. The Hall–Kier alpha value is -4.19. The van der Waals surface area contributed by atoms with Gasteiger partial charge in [0.05, 0.1) is 16.7 Å². The molecular weight excluding hydrogens is 503 g/mol. The van der Waals surface area contributed by atoms with Crippen molar-refractivity contribution >= 4 is 34.5 Å². The number of ether oxygens (including phenoxy) is 1. The largest absolute Gasteiger partial charge is 0.457 e. The van der Waals surface area contributed by atoms with Crippen LogP contribution in [-0.2, 0) is 6.18 Å². The number of nitro benzene ring substituents is 1. The number of amides is 1. The summed E-state index contributed by atoms with van der Waals surface area (Å²) in [7, 11) is 0. The fourth-order valence-corrected chi connectivity index (χ4v) is 3.84. The van der Waals surface area contributed by atoms with E-state index in [-0.39, 0.29) is 28.5 Å². The summed E-state index contributed by atoms with van der Waals surface area (Å²) in [5.74, 6) is -0.508. The lowest BCUT2D eigenvalue weighted by Gasteiger charge is -2.10. The number of alkyl halides is 3. The van der Waals surface area contributed by atoms with E-state index >= 15 is 0 Å². The van der Waals surface area contributed by atoms with Crippen LogP contribution < -0.4 is 10.1 Å². The number of non-ortho nitro benzene ring substituents is 1. The van der Waals surface area contributed by atoms with Crippen LogP contribution in [0.2, 0.25) is 5.02 Å². The molecule has 1 N–H and O–H groups in total. The van der Waals surface area contributed by atoms with Gasteiger partial charge in [0.25, 0.3) is 11.6 Å². The maximum atomic E-state index is 13.5. The van der Waals surface area contributed by atoms with Crippen LogP contribution in [0, 0.1) is 30.9 Å². The van der Waals surface area contributed by atoms with Crippen molar-refractivity contribution in [2.24, 2.45) is 0 Å². The molecule has 9 nitrogen and oxygen atoms in total. The number of nitrogens with zero attached hydrogens (tertiary/aromatic N) is 4. The van der Waals surface area contributed by atoms with Crippen LogP contribution in [-0.4, -0.2) is 25.4 Å². The van der Waals surface area contributed by atoms with Crippen molar-refractivity contribution in [1.29, 1.82) is 0 Å². The highest BCUT2D eigenvalue weighted by molar-refractivity contribution is 6.37. The number of anilines is 1. The zero-order valence-electron chi connectivity index (χ0n) is 19.0. The molecule has 2 aromatic heterocycles. The van der Waals surface area contributed by atoms with Gasteiger partial charge >= 0.3 is 6.18 Å². The molecule has 0 unspecified atom stereocenters. The second kappa shape index (κ2) is 9.11. The van der Waals surface area contributed by atoms with E-state index in [0.717, 1.165) is 23.3 Å². The van der Waals surface area contributed by atoms with Crippen LogP contribution in [0.25, 0.3) is 5.65 Å². The highest BCUT2D eigenvalue weighted by Gasteiger charge is 2.36. The molecule has 0 saturated heterocycles. The Kier molecular flexibility index (Phi) is 6.31. The van der Waals surface area contributed by atoms with Crippen LogP contribution in [0.4, 0.5) is 24.5 Å². The van der Waals surface area contributed by atoms with Gasteiger partial charge in [-0.3, -0.25) is 14.9 Å². The number of carbonyl (C=O) groups excluding carboxylic acids is 1. The Morgan fingerprint density at radius 2 is 1.69 bits per heavy atom. The normalized spacial score (nSPS) is 11.5. The Morgan fingerprint density at radius 1 is 1.06 bits per heavy atom. The molecule has 0 fully saturated rings. The van der Waals surface area contributed by atoms with E-state index in [1.54, 1.807) is 12.1 Å². The van der Waals surface area contributed by atoms with Crippen LogP contribution in [0.1, 0.15) is 33.0 Å². The van der Waals surface area contributed by atoms with E-state index in [1.807, 2.05) is 19.9 Å². The topological polar surface area (TPSA) is 112 Å². The highest BCUT2D eigenvalue weighted by Crippen LogP contribution is 2.34. The Bertz CT molecular complexity index is 1510. The fourth-order valence-electron chi connectivity index (χ4n) is 3.60. The third-order valence-electron chi connectivity index (χ3n) is 4.96. The molecule has 4 aromatic rings. The number of hydrogen-bond donors (Lipinski definition) is 1. The number of halogens is 4. The van der Waals surface area contributed by atoms with Crippen LogP contribution in [0.3, 0.4) is 0 Å². The minimum Gasteiger partial charge on any atom is -0.457 e. The molecule has 0 bridgehead atoms. The van der Waals surface area contributed by atoms with Gasteiger partial charge in [-0.05, 0) is 50.1 Å². The Balaban J connectivity index is 1.71. The molecule has 1 amide bonds. The van der Waals surface area contributed by atoms with Crippen LogP contribution in [0.5, 0.6) is 11.5 Å². The first kappa shape index (κ1) is 24.9. The van der Waals surface area contributed by atoms with Gasteiger partial charge in [0.1, 0.15) is 22.2 Å². The van der Waals surface area contributed by atoms with Crippen LogP contribution >= 0.6 is 11.6 Å². The highest BCUT2D eigenvalue weighted by atomic mass is 35.5. The Labute approximate surface area is 206 Å². The van der Waals surface area contributed by atoms with Gasteiger partial charge in [-0.2, -0.15) is 18.3 Å². The van der Waals surface area contributed by atoms with Crippen molar-refractivity contribution in [3.8, 4) is 11.5 Å². The second-order valence-electron chi connectivity index (χ2n) is 8.03. The maximum Gasteiger partial charge on any atom is 0.433 e. The third-order valence-corrected chi connectivity index (χ3v) is 5.31. The monoisotopic (exact) mass is 519 g/mol. The molecule has 0 aliphatic carbocycles. The maximum absolute atomic E-state index is 13.5. The molecule has 0 radical (unpaired) electrons. The molecule has 4 rings (SSSR count). The average Bonchev–Trinajstić information content (AvgIpc) is 3.08. The zero-order chi connectivity index (χ0) is 26.4. The lowest BCUT2D eigenvalue weighted by atomic mass is 10.1. The van der Waals surface area contributed by atoms with E-state index in [9.17, 15) is 28.1 Å². The predicted octanol–water partition coefficient (Wildman–Crippen LogP) is 6.28. The van der Waals surface area contributed by atoms with E-state index in [0.29, 0.717) is 10.3 Å². The first-order chi connectivity index (χ1) is 16.8. The van der Waals surface area contributed by atoms with E-state index in [2.05, 4.69) is 15.4 Å². The van der Waals surface area contributed by atoms with Crippen molar-refractivity contribution < 1.29 is 27.6 Å². The van der Waals surface area contributed by atoms with Crippen LogP contribution in [0.15, 0.2) is 42.5 Å². The number of nitrogens with one attached hydrogen (secondary N) is 1. The molecule has 0 aliphatic rings. The smallest absolute Gasteiger partial charge is 0.433 e. The molecule has 13 heteroatoms. The number of hydrogen-bond acceptors (Lipinski definition) is 6. The number of aromatic nitrogens is 3. The lowest BCUT2D eigenvalue weighted by Crippen LogP contribution is -2.16. The summed E-state index contributed by atoms with van der Waals surface area (Å²) in [6.45, 7) is 5.06. The number of rotatable bonds is 5. The number of fused-ring (bicyclic) bond motifs is 1. The Morgan fingerprint density at radius 3 is 2.31 bits per heavy atom. The summed E-state index contributed by atoms with van der Waals surface area (Å²) in [6, 6.07) is 9.73. The molecule has 0 saturated carbocycles. The summed E-state index contributed by atoms with van der Waals surface area (Å²) in [5.41, 5.74) is -0.650. The minimum absolute atomic E-state index is 0.0236. The van der Waals surface area contributed by atoms with Gasteiger partial charge in [0.15, 0.2) is 11.3 Å². The number of benzene rings is 2. The standard InChI is InChI=1S/C23H17ClF3N5O4/c1-11-4-12(2)6-16(5-11)36-17-9-14(8-15(10-17)32(34)35)29-22(33)20-19(24)21-28-13(3)7-18(23(25,26)27)31(21)30-20/h4-10H,1-3H3,(H,29,33). The third kappa shape index (κ3) is 5.08. The number of nitro groups is 1. The fraction of sp³-hybridized carbons (Fsp3) is 0.174. The van der Waals surface area contributed by atoms with Crippen molar-refractivity contribution in [2.45, 2.75) is 26.9 Å². The predicted molar refractivity (Wildman–Crippen MR) is 125 cm³/mol. The molecule has 0 atom stereocenters. The summed E-state index contributed by atoms with van der Waals surface area (Å²) in [5, 5.41) is 17.1. The van der Waals surface area contributed by atoms with Gasteiger partial charge in [0, 0.05) is 17.8 Å². The molecule has 2 aromatic carbocycles. The molecular formula is C23H17ClF3N5O4. The molecule has 0 aliphatic heterocycles. The number of aryl methyl sites for hydroxylation is 3. The van der Waals surface area contributed by atoms with Crippen molar-refractivity contribution in [2.75, 3.05) is 5.32 Å². The summed E-state index contributed by atoms with van der Waals surface area (Å²) >= 11 is 6.16. The van der Waals surface area contributed by atoms with Gasteiger partial charge in [-0.15, -0.1) is 0 Å².